The third-order valence-corrected chi connectivity index (χ3v) is 3.58. The standard InChI is InChI=1S/C16H12N6/c17-19-12-7-6-11-9-18-21-16-14(11)15(12)13(20-22-16)8-10-4-2-1-3-5-10/h1-9,19H,17H2. The van der Waals surface area contributed by atoms with E-state index >= 15 is 0 Å². The molecule has 0 atom stereocenters. The lowest BCUT2D eigenvalue weighted by Crippen LogP contribution is -2.16. The Morgan fingerprint density at radius 3 is 2.59 bits per heavy atom. The quantitative estimate of drug-likeness (QED) is 0.428. The minimum Gasteiger partial charge on any atom is -0.323 e. The first kappa shape index (κ1) is 12.6. The number of rotatable bonds is 2. The van der Waals surface area contributed by atoms with Crippen molar-refractivity contribution in [1.29, 1.82) is 0 Å². The van der Waals surface area contributed by atoms with Gasteiger partial charge in [0.25, 0.3) is 0 Å². The first-order valence-corrected chi connectivity index (χ1v) is 6.81. The van der Waals surface area contributed by atoms with E-state index in [0.29, 0.717) is 5.65 Å². The van der Waals surface area contributed by atoms with E-state index in [1.54, 1.807) is 6.20 Å². The summed E-state index contributed by atoms with van der Waals surface area (Å²) in [6.45, 7) is 0. The highest BCUT2D eigenvalue weighted by Crippen LogP contribution is 2.26. The summed E-state index contributed by atoms with van der Waals surface area (Å²) in [6, 6.07) is 13.8. The van der Waals surface area contributed by atoms with E-state index < -0.39 is 0 Å². The van der Waals surface area contributed by atoms with E-state index in [0.717, 1.165) is 32.8 Å². The number of nitrogen functional groups attached to an aromatic ring is 1. The van der Waals surface area contributed by atoms with Gasteiger partial charge in [0, 0.05) is 16.2 Å². The third kappa shape index (κ3) is 1.94. The summed E-state index contributed by atoms with van der Waals surface area (Å²) in [5, 5.41) is 20.0. The Morgan fingerprint density at radius 2 is 1.77 bits per heavy atom. The van der Waals surface area contributed by atoms with Crippen molar-refractivity contribution in [2.75, 3.05) is 5.43 Å². The maximum Gasteiger partial charge on any atom is 0.204 e. The van der Waals surface area contributed by atoms with Gasteiger partial charge in [0.2, 0.25) is 5.65 Å². The Morgan fingerprint density at radius 1 is 0.909 bits per heavy atom. The molecular weight excluding hydrogens is 276 g/mol. The molecule has 6 heteroatoms. The molecule has 0 saturated carbocycles. The summed E-state index contributed by atoms with van der Waals surface area (Å²) in [7, 11) is 0. The second-order valence-corrected chi connectivity index (χ2v) is 4.91. The fraction of sp³-hybridized carbons (Fsp3) is 0. The first-order valence-electron chi connectivity index (χ1n) is 6.81. The Kier molecular flexibility index (Phi) is 2.87. The van der Waals surface area contributed by atoms with E-state index in [1.165, 1.54) is 0 Å². The van der Waals surface area contributed by atoms with Gasteiger partial charge in [0.1, 0.15) is 0 Å². The molecule has 0 bridgehead atoms. The molecule has 0 aliphatic carbocycles. The normalized spacial score (nSPS) is 12.1. The Balaban J connectivity index is 2.16. The summed E-state index contributed by atoms with van der Waals surface area (Å²) in [5.74, 6) is 5.66. The average Bonchev–Trinajstić information content (AvgIpc) is 2.58. The van der Waals surface area contributed by atoms with Crippen molar-refractivity contribution in [3.05, 3.63) is 59.6 Å². The number of hydrazine groups is 1. The van der Waals surface area contributed by atoms with Crippen LogP contribution in [0.25, 0.3) is 27.9 Å². The van der Waals surface area contributed by atoms with Crippen LogP contribution in [0.5, 0.6) is 0 Å². The van der Waals surface area contributed by atoms with Crippen molar-refractivity contribution in [2.45, 2.75) is 0 Å². The van der Waals surface area contributed by atoms with Crippen molar-refractivity contribution in [3.63, 3.8) is 0 Å². The molecule has 0 spiro atoms. The molecule has 106 valence electrons. The van der Waals surface area contributed by atoms with Crippen molar-refractivity contribution < 1.29 is 0 Å². The highest BCUT2D eigenvalue weighted by Gasteiger charge is 2.11. The van der Waals surface area contributed by atoms with E-state index in [-0.39, 0.29) is 0 Å². The van der Waals surface area contributed by atoms with Gasteiger partial charge in [-0.2, -0.15) is 5.10 Å². The number of hydrogen-bond donors (Lipinski definition) is 2. The van der Waals surface area contributed by atoms with Crippen LogP contribution in [-0.2, 0) is 0 Å². The molecule has 0 amide bonds. The lowest BCUT2D eigenvalue weighted by atomic mass is 10.1. The Hall–Kier alpha value is -3.12. The van der Waals surface area contributed by atoms with Gasteiger partial charge in [0.05, 0.1) is 17.2 Å². The summed E-state index contributed by atoms with van der Waals surface area (Å²) in [5.41, 5.74) is 5.06. The van der Waals surface area contributed by atoms with Crippen LogP contribution in [0, 0.1) is 0 Å². The topological polar surface area (TPSA) is 89.6 Å². The molecule has 4 rings (SSSR count). The molecule has 0 saturated heterocycles. The molecule has 2 aromatic heterocycles. The SMILES string of the molecule is NNc1ccc2cnnc3nnc(=Cc4ccccc4)c1c23. The predicted molar refractivity (Wildman–Crippen MR) is 85.7 cm³/mol. The Labute approximate surface area is 125 Å². The minimum absolute atomic E-state index is 0.509. The molecule has 2 heterocycles. The van der Waals surface area contributed by atoms with Crippen molar-refractivity contribution in [1.82, 2.24) is 20.4 Å². The van der Waals surface area contributed by atoms with Crippen molar-refractivity contribution >= 4 is 33.6 Å². The van der Waals surface area contributed by atoms with Crippen LogP contribution in [-0.4, -0.2) is 20.4 Å². The smallest absolute Gasteiger partial charge is 0.204 e. The zero-order chi connectivity index (χ0) is 14.9. The first-order chi connectivity index (χ1) is 10.9. The minimum atomic E-state index is 0.509. The van der Waals surface area contributed by atoms with Crippen LogP contribution in [0.15, 0.2) is 48.7 Å². The average molecular weight is 288 g/mol. The molecule has 0 unspecified atom stereocenters. The fourth-order valence-electron chi connectivity index (χ4n) is 2.58. The summed E-state index contributed by atoms with van der Waals surface area (Å²) < 4.78 is 0. The summed E-state index contributed by atoms with van der Waals surface area (Å²) in [4.78, 5) is 0. The number of nitrogens with one attached hydrogen (secondary N) is 1. The predicted octanol–water partition coefficient (Wildman–Crippen LogP) is 1.41. The summed E-state index contributed by atoms with van der Waals surface area (Å²) in [6.07, 6.45) is 3.69. The van der Waals surface area contributed by atoms with Gasteiger partial charge in [0.15, 0.2) is 0 Å². The number of aromatic nitrogens is 4. The molecule has 4 aromatic rings. The number of anilines is 1. The highest BCUT2D eigenvalue weighted by molar-refractivity contribution is 6.11. The summed E-state index contributed by atoms with van der Waals surface area (Å²) >= 11 is 0. The number of benzene rings is 2. The Bertz CT molecular complexity index is 997. The van der Waals surface area contributed by atoms with Crippen LogP contribution in [0.3, 0.4) is 0 Å². The van der Waals surface area contributed by atoms with E-state index in [2.05, 4.69) is 25.8 Å². The van der Waals surface area contributed by atoms with Gasteiger partial charge in [-0.25, -0.2) is 0 Å². The van der Waals surface area contributed by atoms with Crippen LogP contribution in [0.2, 0.25) is 0 Å². The van der Waals surface area contributed by atoms with E-state index in [9.17, 15) is 0 Å². The van der Waals surface area contributed by atoms with Gasteiger partial charge in [-0.3, -0.25) is 5.84 Å². The van der Waals surface area contributed by atoms with Gasteiger partial charge >= 0.3 is 0 Å². The largest absolute Gasteiger partial charge is 0.323 e. The number of nitrogens with two attached hydrogens (primary N) is 1. The van der Waals surface area contributed by atoms with Gasteiger partial charge < -0.3 is 5.43 Å². The van der Waals surface area contributed by atoms with Gasteiger partial charge in [-0.1, -0.05) is 36.4 Å². The molecule has 0 radical (unpaired) electrons. The monoisotopic (exact) mass is 288 g/mol. The molecule has 0 aliphatic rings. The third-order valence-electron chi connectivity index (χ3n) is 3.58. The maximum atomic E-state index is 5.66. The molecule has 2 aromatic carbocycles. The van der Waals surface area contributed by atoms with E-state index in [1.807, 2.05) is 48.5 Å². The fourth-order valence-corrected chi connectivity index (χ4v) is 2.58. The second kappa shape index (κ2) is 5.01. The van der Waals surface area contributed by atoms with Crippen LogP contribution >= 0.6 is 0 Å². The van der Waals surface area contributed by atoms with E-state index in [4.69, 9.17) is 5.84 Å². The highest BCUT2D eigenvalue weighted by atomic mass is 15.2. The van der Waals surface area contributed by atoms with Crippen LogP contribution in [0.1, 0.15) is 5.56 Å². The van der Waals surface area contributed by atoms with Crippen molar-refractivity contribution in [2.24, 2.45) is 5.84 Å². The van der Waals surface area contributed by atoms with Crippen LogP contribution < -0.4 is 16.6 Å². The molecule has 3 N–H and O–H groups in total. The lowest BCUT2D eigenvalue weighted by molar-refractivity contribution is 0.981. The van der Waals surface area contributed by atoms with Gasteiger partial charge in [-0.05, 0) is 17.7 Å². The van der Waals surface area contributed by atoms with Crippen LogP contribution in [0.4, 0.5) is 5.69 Å². The zero-order valence-electron chi connectivity index (χ0n) is 11.6. The molecule has 0 aliphatic heterocycles. The molecular formula is C16H12N6. The molecule has 0 fully saturated rings. The molecule has 22 heavy (non-hydrogen) atoms. The number of nitrogens with zero attached hydrogens (tertiary/aromatic N) is 4. The maximum absolute atomic E-state index is 5.66. The lowest BCUT2D eigenvalue weighted by Gasteiger charge is -2.08. The zero-order valence-corrected chi connectivity index (χ0v) is 11.6. The van der Waals surface area contributed by atoms with Crippen molar-refractivity contribution in [3.8, 4) is 0 Å². The second-order valence-electron chi connectivity index (χ2n) is 4.91. The number of hydrogen-bond acceptors (Lipinski definition) is 6. The molecule has 6 nitrogen and oxygen atoms in total. The van der Waals surface area contributed by atoms with Gasteiger partial charge in [-0.15, -0.1) is 15.3 Å².